The Bertz CT molecular complexity index is 249. The molecule has 2 saturated heterocycles. The fourth-order valence-corrected chi connectivity index (χ4v) is 4.14. The van der Waals surface area contributed by atoms with E-state index in [9.17, 15) is 0 Å². The maximum Gasteiger partial charge on any atom is 0.0233 e. The van der Waals surface area contributed by atoms with Gasteiger partial charge in [0.25, 0.3) is 0 Å². The Labute approximate surface area is 118 Å². The summed E-state index contributed by atoms with van der Waals surface area (Å²) < 4.78 is 0. The van der Waals surface area contributed by atoms with Crippen molar-refractivity contribution in [3.63, 3.8) is 0 Å². The Morgan fingerprint density at radius 3 is 2.37 bits per heavy atom. The van der Waals surface area contributed by atoms with Gasteiger partial charge in [-0.2, -0.15) is 0 Å². The molecule has 1 unspecified atom stereocenters. The molecular weight excluding hydrogens is 234 g/mol. The fourth-order valence-electron chi connectivity index (χ4n) is 4.14. The first-order valence-corrected chi connectivity index (χ1v) is 8.59. The molecule has 3 heteroatoms. The van der Waals surface area contributed by atoms with E-state index in [1.54, 1.807) is 0 Å². The van der Waals surface area contributed by atoms with E-state index in [1.807, 2.05) is 0 Å². The average molecular weight is 265 g/mol. The van der Waals surface area contributed by atoms with Crippen LogP contribution < -0.4 is 5.32 Å². The molecule has 1 saturated carbocycles. The van der Waals surface area contributed by atoms with Crippen LogP contribution in [0.3, 0.4) is 0 Å². The van der Waals surface area contributed by atoms with Gasteiger partial charge in [0, 0.05) is 38.8 Å². The minimum absolute atomic E-state index is 0.834. The Hall–Kier alpha value is -0.120. The third-order valence-corrected chi connectivity index (χ3v) is 5.54. The lowest BCUT2D eigenvalue weighted by molar-refractivity contribution is 0.0966. The summed E-state index contributed by atoms with van der Waals surface area (Å²) >= 11 is 0. The van der Waals surface area contributed by atoms with Gasteiger partial charge in [-0.3, -0.25) is 4.90 Å². The van der Waals surface area contributed by atoms with Crippen molar-refractivity contribution >= 4 is 0 Å². The molecule has 3 nitrogen and oxygen atoms in total. The molecule has 1 aliphatic carbocycles. The molecule has 0 bridgehead atoms. The van der Waals surface area contributed by atoms with Gasteiger partial charge in [0.15, 0.2) is 0 Å². The molecule has 0 amide bonds. The summed E-state index contributed by atoms with van der Waals surface area (Å²) in [4.78, 5) is 5.44. The van der Waals surface area contributed by atoms with Crippen molar-refractivity contribution in [2.24, 2.45) is 5.92 Å². The predicted octanol–water partition coefficient (Wildman–Crippen LogP) is 1.94. The minimum atomic E-state index is 0.834. The highest BCUT2D eigenvalue weighted by molar-refractivity contribution is 4.84. The minimum Gasteiger partial charge on any atom is -0.315 e. The van der Waals surface area contributed by atoms with Gasteiger partial charge in [-0.05, 0) is 31.8 Å². The molecule has 3 aliphatic rings. The van der Waals surface area contributed by atoms with Crippen molar-refractivity contribution in [2.75, 3.05) is 45.8 Å². The molecule has 0 radical (unpaired) electrons. The maximum atomic E-state index is 3.49. The van der Waals surface area contributed by atoms with Crippen molar-refractivity contribution in [3.8, 4) is 0 Å². The topological polar surface area (TPSA) is 18.5 Å². The third kappa shape index (κ3) is 3.93. The molecule has 0 aromatic carbocycles. The summed E-state index contributed by atoms with van der Waals surface area (Å²) in [5, 5.41) is 3.49. The molecule has 0 spiro atoms. The molecule has 3 fully saturated rings. The van der Waals surface area contributed by atoms with Gasteiger partial charge in [-0.25, -0.2) is 0 Å². The molecular formula is C16H31N3. The zero-order valence-electron chi connectivity index (χ0n) is 12.4. The van der Waals surface area contributed by atoms with Crippen molar-refractivity contribution in [1.82, 2.24) is 15.1 Å². The average Bonchev–Trinajstić information content (AvgIpc) is 3.01. The van der Waals surface area contributed by atoms with Crippen LogP contribution in [0.5, 0.6) is 0 Å². The highest BCUT2D eigenvalue weighted by Gasteiger charge is 2.26. The maximum absolute atomic E-state index is 3.49. The summed E-state index contributed by atoms with van der Waals surface area (Å²) in [6.45, 7) is 9.04. The van der Waals surface area contributed by atoms with Gasteiger partial charge in [0.1, 0.15) is 0 Å². The Morgan fingerprint density at radius 1 is 0.895 bits per heavy atom. The highest BCUT2D eigenvalue weighted by atomic mass is 15.3. The van der Waals surface area contributed by atoms with Crippen molar-refractivity contribution in [3.05, 3.63) is 0 Å². The first-order chi connectivity index (χ1) is 9.42. The van der Waals surface area contributed by atoms with Crippen molar-refractivity contribution in [1.29, 1.82) is 0 Å². The summed E-state index contributed by atoms with van der Waals surface area (Å²) in [7, 11) is 0. The quantitative estimate of drug-likeness (QED) is 0.838. The van der Waals surface area contributed by atoms with Crippen molar-refractivity contribution < 1.29 is 0 Å². The zero-order valence-corrected chi connectivity index (χ0v) is 12.4. The van der Waals surface area contributed by atoms with E-state index in [0.29, 0.717) is 0 Å². The van der Waals surface area contributed by atoms with Crippen LogP contribution in [0, 0.1) is 5.92 Å². The number of hydrogen-bond donors (Lipinski definition) is 1. The SMILES string of the molecule is C1CCC(CCN2CCN(C3CCNC3)CC2)CC1. The summed E-state index contributed by atoms with van der Waals surface area (Å²) in [5.41, 5.74) is 0. The number of nitrogens with one attached hydrogen (secondary N) is 1. The Morgan fingerprint density at radius 2 is 1.68 bits per heavy atom. The Kier molecular flexibility index (Phi) is 5.14. The van der Waals surface area contributed by atoms with Crippen LogP contribution in [0.1, 0.15) is 44.9 Å². The molecule has 110 valence electrons. The number of piperazine rings is 1. The lowest BCUT2D eigenvalue weighted by atomic mass is 9.87. The van der Waals surface area contributed by atoms with Gasteiger partial charge >= 0.3 is 0 Å². The van der Waals surface area contributed by atoms with Crippen LogP contribution in [0.2, 0.25) is 0 Å². The van der Waals surface area contributed by atoms with Gasteiger partial charge < -0.3 is 10.2 Å². The molecule has 2 aliphatic heterocycles. The second-order valence-electron chi connectivity index (χ2n) is 6.82. The van der Waals surface area contributed by atoms with Crippen LogP contribution in [-0.4, -0.2) is 61.7 Å². The van der Waals surface area contributed by atoms with Gasteiger partial charge in [0.2, 0.25) is 0 Å². The van der Waals surface area contributed by atoms with E-state index < -0.39 is 0 Å². The van der Waals surface area contributed by atoms with Crippen LogP contribution in [0.4, 0.5) is 0 Å². The van der Waals surface area contributed by atoms with E-state index in [-0.39, 0.29) is 0 Å². The van der Waals surface area contributed by atoms with E-state index in [1.165, 1.54) is 90.8 Å². The number of nitrogens with zero attached hydrogens (tertiary/aromatic N) is 2. The fraction of sp³-hybridized carbons (Fsp3) is 1.00. The van der Waals surface area contributed by atoms with Gasteiger partial charge in [0.05, 0.1) is 0 Å². The Balaban J connectivity index is 1.33. The normalized spacial score (nSPS) is 31.9. The standard InChI is InChI=1S/C16H31N3/c1-2-4-15(5-3-1)7-9-18-10-12-19(13-11-18)16-6-8-17-14-16/h15-17H,1-14H2. The van der Waals surface area contributed by atoms with Crippen LogP contribution in [0.25, 0.3) is 0 Å². The lowest BCUT2D eigenvalue weighted by Crippen LogP contribution is -2.51. The van der Waals surface area contributed by atoms with Gasteiger partial charge in [-0.15, -0.1) is 0 Å². The van der Waals surface area contributed by atoms with Crippen LogP contribution in [0.15, 0.2) is 0 Å². The van der Waals surface area contributed by atoms with Gasteiger partial charge in [-0.1, -0.05) is 32.1 Å². The second-order valence-corrected chi connectivity index (χ2v) is 6.82. The molecule has 2 heterocycles. The van der Waals surface area contributed by atoms with Crippen LogP contribution in [-0.2, 0) is 0 Å². The number of hydrogen-bond acceptors (Lipinski definition) is 3. The van der Waals surface area contributed by atoms with Crippen LogP contribution >= 0.6 is 0 Å². The molecule has 0 aromatic heterocycles. The van der Waals surface area contributed by atoms with Crippen molar-refractivity contribution in [2.45, 2.75) is 51.0 Å². The monoisotopic (exact) mass is 265 g/mol. The number of rotatable bonds is 4. The molecule has 19 heavy (non-hydrogen) atoms. The molecule has 3 rings (SSSR count). The largest absolute Gasteiger partial charge is 0.315 e. The summed E-state index contributed by atoms with van der Waals surface area (Å²) in [6.07, 6.45) is 10.3. The molecule has 0 aromatic rings. The first-order valence-electron chi connectivity index (χ1n) is 8.59. The molecule has 1 N–H and O–H groups in total. The smallest absolute Gasteiger partial charge is 0.0233 e. The zero-order chi connectivity index (χ0) is 12.9. The predicted molar refractivity (Wildman–Crippen MR) is 80.5 cm³/mol. The van der Waals surface area contributed by atoms with E-state index in [0.717, 1.165) is 12.0 Å². The highest BCUT2D eigenvalue weighted by Crippen LogP contribution is 2.26. The second kappa shape index (κ2) is 7.05. The van der Waals surface area contributed by atoms with E-state index in [2.05, 4.69) is 15.1 Å². The van der Waals surface area contributed by atoms with E-state index >= 15 is 0 Å². The summed E-state index contributed by atoms with van der Waals surface area (Å²) in [5.74, 6) is 1.05. The van der Waals surface area contributed by atoms with E-state index in [4.69, 9.17) is 0 Å². The first kappa shape index (κ1) is 13.8. The molecule has 1 atom stereocenters. The third-order valence-electron chi connectivity index (χ3n) is 5.54. The lowest BCUT2D eigenvalue weighted by Gasteiger charge is -2.38. The summed E-state index contributed by atoms with van der Waals surface area (Å²) in [6, 6.07) is 0.834.